The molecule has 0 spiro atoms. The summed E-state index contributed by atoms with van der Waals surface area (Å²) in [6.45, 7) is 7.41. The molecule has 1 atom stereocenters. The fourth-order valence-corrected chi connectivity index (χ4v) is 3.96. The standard InChI is InChI=1S/C20H25N5O5/c1-3-16(24-14(2)10-19(21-24)25(27)28)20(26)23-8-6-22(7-9-23)12-15-4-5-17-18(11-15)30-13-29-17/h4-5,10-11,16H,3,6-9,12-13H2,1-2H3. The molecule has 1 aromatic heterocycles. The zero-order chi connectivity index (χ0) is 21.3. The summed E-state index contributed by atoms with van der Waals surface area (Å²) in [5, 5.41) is 15.0. The van der Waals surface area contributed by atoms with Crippen molar-refractivity contribution in [2.75, 3.05) is 33.0 Å². The van der Waals surface area contributed by atoms with Gasteiger partial charge >= 0.3 is 5.82 Å². The zero-order valence-electron chi connectivity index (χ0n) is 17.1. The van der Waals surface area contributed by atoms with Crippen molar-refractivity contribution >= 4 is 11.7 Å². The molecule has 0 aliphatic carbocycles. The Labute approximate surface area is 174 Å². The first-order chi connectivity index (χ1) is 14.5. The summed E-state index contributed by atoms with van der Waals surface area (Å²) in [6, 6.07) is 6.83. The van der Waals surface area contributed by atoms with E-state index in [1.807, 2.05) is 30.0 Å². The third-order valence-corrected chi connectivity index (χ3v) is 5.59. The van der Waals surface area contributed by atoms with Crippen molar-refractivity contribution < 1.29 is 19.2 Å². The summed E-state index contributed by atoms with van der Waals surface area (Å²) < 4.78 is 12.3. The van der Waals surface area contributed by atoms with Gasteiger partial charge in [-0.05, 0) is 36.0 Å². The Balaban J connectivity index is 1.37. The van der Waals surface area contributed by atoms with Gasteiger partial charge in [0.05, 0.1) is 16.9 Å². The number of nitro groups is 1. The van der Waals surface area contributed by atoms with Crippen LogP contribution in [0.5, 0.6) is 11.5 Å². The van der Waals surface area contributed by atoms with E-state index in [4.69, 9.17) is 9.47 Å². The summed E-state index contributed by atoms with van der Waals surface area (Å²) in [5.41, 5.74) is 1.76. The Morgan fingerprint density at radius 2 is 1.93 bits per heavy atom. The predicted octanol–water partition coefficient (Wildman–Crippen LogP) is 2.12. The normalized spacial score (nSPS) is 17.2. The molecule has 0 radical (unpaired) electrons. The molecule has 10 heteroatoms. The monoisotopic (exact) mass is 415 g/mol. The molecule has 1 amide bonds. The second kappa shape index (κ2) is 8.31. The van der Waals surface area contributed by atoms with E-state index in [1.165, 1.54) is 10.7 Å². The van der Waals surface area contributed by atoms with Gasteiger partial charge in [0.2, 0.25) is 12.7 Å². The van der Waals surface area contributed by atoms with Crippen LogP contribution in [0.4, 0.5) is 5.82 Å². The molecule has 2 aliphatic rings. The van der Waals surface area contributed by atoms with Crippen LogP contribution in [0.3, 0.4) is 0 Å². The highest BCUT2D eigenvalue weighted by molar-refractivity contribution is 5.80. The van der Waals surface area contributed by atoms with Gasteiger partial charge in [0.25, 0.3) is 0 Å². The van der Waals surface area contributed by atoms with Crippen LogP contribution in [-0.2, 0) is 11.3 Å². The van der Waals surface area contributed by atoms with Crippen molar-refractivity contribution in [1.29, 1.82) is 0 Å². The van der Waals surface area contributed by atoms with Crippen molar-refractivity contribution in [2.24, 2.45) is 0 Å². The maximum absolute atomic E-state index is 13.1. The van der Waals surface area contributed by atoms with E-state index in [-0.39, 0.29) is 18.5 Å². The van der Waals surface area contributed by atoms with E-state index in [9.17, 15) is 14.9 Å². The Hall–Kier alpha value is -3.14. The van der Waals surface area contributed by atoms with E-state index in [0.717, 1.165) is 36.7 Å². The van der Waals surface area contributed by atoms with Gasteiger partial charge in [0, 0.05) is 32.7 Å². The number of rotatable bonds is 6. The van der Waals surface area contributed by atoms with E-state index in [1.54, 1.807) is 6.92 Å². The van der Waals surface area contributed by atoms with Crippen molar-refractivity contribution in [3.05, 3.63) is 45.6 Å². The minimum Gasteiger partial charge on any atom is -0.454 e. The van der Waals surface area contributed by atoms with Crippen LogP contribution in [-0.4, -0.2) is 63.4 Å². The number of carbonyl (C=O) groups is 1. The lowest BCUT2D eigenvalue weighted by molar-refractivity contribution is -0.389. The molecule has 2 aromatic rings. The molecule has 160 valence electrons. The average Bonchev–Trinajstić information content (AvgIpc) is 3.36. The number of hydrogen-bond donors (Lipinski definition) is 0. The minimum atomic E-state index is -0.532. The van der Waals surface area contributed by atoms with Crippen LogP contribution in [0.15, 0.2) is 24.3 Å². The first-order valence-electron chi connectivity index (χ1n) is 10.1. The van der Waals surface area contributed by atoms with Crippen LogP contribution < -0.4 is 9.47 Å². The van der Waals surface area contributed by atoms with Crippen LogP contribution in [0.1, 0.15) is 30.6 Å². The summed E-state index contributed by atoms with van der Waals surface area (Å²) in [4.78, 5) is 27.7. The van der Waals surface area contributed by atoms with E-state index in [0.29, 0.717) is 25.2 Å². The van der Waals surface area contributed by atoms with E-state index < -0.39 is 11.0 Å². The molecule has 4 rings (SSSR count). The van der Waals surface area contributed by atoms with E-state index >= 15 is 0 Å². The molecule has 0 N–H and O–H groups in total. The number of benzene rings is 1. The number of aromatic nitrogens is 2. The van der Waals surface area contributed by atoms with Crippen LogP contribution >= 0.6 is 0 Å². The third-order valence-electron chi connectivity index (χ3n) is 5.59. The smallest absolute Gasteiger partial charge is 0.390 e. The second-order valence-corrected chi connectivity index (χ2v) is 7.56. The Kier molecular flexibility index (Phi) is 5.58. The first-order valence-corrected chi connectivity index (χ1v) is 10.1. The third kappa shape index (κ3) is 3.95. The molecule has 30 heavy (non-hydrogen) atoms. The number of carbonyl (C=O) groups excluding carboxylic acids is 1. The predicted molar refractivity (Wildman–Crippen MR) is 107 cm³/mol. The second-order valence-electron chi connectivity index (χ2n) is 7.56. The molecule has 0 bridgehead atoms. The number of aryl methyl sites for hydroxylation is 1. The number of piperazine rings is 1. The summed E-state index contributed by atoms with van der Waals surface area (Å²) >= 11 is 0. The highest BCUT2D eigenvalue weighted by atomic mass is 16.7. The number of hydrogen-bond acceptors (Lipinski definition) is 7. The van der Waals surface area contributed by atoms with Gasteiger partial charge in [0.1, 0.15) is 0 Å². The lowest BCUT2D eigenvalue weighted by atomic mass is 10.1. The quantitative estimate of drug-likeness (QED) is 0.526. The molecule has 10 nitrogen and oxygen atoms in total. The molecular weight excluding hydrogens is 390 g/mol. The molecule has 1 aromatic carbocycles. The summed E-state index contributed by atoms with van der Waals surface area (Å²) in [6.07, 6.45) is 0.524. The van der Waals surface area contributed by atoms with Crippen LogP contribution in [0.2, 0.25) is 0 Å². The first kappa shape index (κ1) is 20.1. The SMILES string of the molecule is CCC(C(=O)N1CCN(Cc2ccc3c(c2)OCO3)CC1)n1nc([N+](=O)[O-])cc1C. The highest BCUT2D eigenvalue weighted by Gasteiger charge is 2.32. The molecule has 2 aliphatic heterocycles. The fraction of sp³-hybridized carbons (Fsp3) is 0.500. The molecule has 1 fully saturated rings. The molecule has 3 heterocycles. The molecular formula is C20H25N5O5. The molecule has 1 unspecified atom stereocenters. The lowest BCUT2D eigenvalue weighted by Crippen LogP contribution is -2.50. The van der Waals surface area contributed by atoms with Gasteiger partial charge in [-0.1, -0.05) is 13.0 Å². The number of nitrogens with zero attached hydrogens (tertiary/aromatic N) is 5. The van der Waals surface area contributed by atoms with Gasteiger partial charge in [-0.3, -0.25) is 9.69 Å². The number of fused-ring (bicyclic) bond motifs is 1. The number of amides is 1. The van der Waals surface area contributed by atoms with Crippen molar-refractivity contribution in [3.63, 3.8) is 0 Å². The summed E-state index contributed by atoms with van der Waals surface area (Å²) in [7, 11) is 0. The van der Waals surface area contributed by atoms with Gasteiger partial charge < -0.3 is 24.5 Å². The highest BCUT2D eigenvalue weighted by Crippen LogP contribution is 2.33. The zero-order valence-corrected chi connectivity index (χ0v) is 17.1. The van der Waals surface area contributed by atoms with Crippen molar-refractivity contribution in [3.8, 4) is 11.5 Å². The Morgan fingerprint density at radius 3 is 2.60 bits per heavy atom. The lowest BCUT2D eigenvalue weighted by Gasteiger charge is -2.36. The van der Waals surface area contributed by atoms with E-state index in [2.05, 4.69) is 10.00 Å². The molecule has 1 saturated heterocycles. The number of ether oxygens (including phenoxy) is 2. The maximum atomic E-state index is 13.1. The Bertz CT molecular complexity index is 951. The van der Waals surface area contributed by atoms with Gasteiger partial charge in [-0.25, -0.2) is 0 Å². The van der Waals surface area contributed by atoms with Crippen molar-refractivity contribution in [2.45, 2.75) is 32.9 Å². The van der Waals surface area contributed by atoms with Crippen LogP contribution in [0, 0.1) is 17.0 Å². The average molecular weight is 415 g/mol. The maximum Gasteiger partial charge on any atom is 0.390 e. The largest absolute Gasteiger partial charge is 0.454 e. The molecule has 0 saturated carbocycles. The Morgan fingerprint density at radius 1 is 1.20 bits per heavy atom. The summed E-state index contributed by atoms with van der Waals surface area (Å²) in [5.74, 6) is 1.28. The topological polar surface area (TPSA) is 103 Å². The van der Waals surface area contributed by atoms with Gasteiger partial charge in [0.15, 0.2) is 17.5 Å². The van der Waals surface area contributed by atoms with Gasteiger partial charge in [-0.15, -0.1) is 0 Å². The minimum absolute atomic E-state index is 0.0404. The van der Waals surface area contributed by atoms with Crippen LogP contribution in [0.25, 0.3) is 0 Å². The van der Waals surface area contributed by atoms with Gasteiger partial charge in [-0.2, -0.15) is 4.68 Å². The van der Waals surface area contributed by atoms with Crippen molar-refractivity contribution in [1.82, 2.24) is 19.6 Å². The fourth-order valence-electron chi connectivity index (χ4n) is 3.96.